The Labute approximate surface area is 380 Å². The molecule has 65 heavy (non-hydrogen) atoms. The first-order chi connectivity index (χ1) is 31.4. The fraction of sp³-hybridized carbons (Fsp3) is 0.264. The van der Waals surface area contributed by atoms with Gasteiger partial charge in [0.05, 0.1) is 12.0 Å². The predicted octanol–water partition coefficient (Wildman–Crippen LogP) is 7.62. The van der Waals surface area contributed by atoms with Crippen LogP contribution in [0.2, 0.25) is 0 Å². The normalized spacial score (nSPS) is 13.0. The van der Waals surface area contributed by atoms with Crippen LogP contribution in [-0.2, 0) is 43.9 Å². The first-order valence-electron chi connectivity index (χ1n) is 22.1. The van der Waals surface area contributed by atoms with Crippen LogP contribution in [0.4, 0.5) is 4.79 Å². The number of likely N-dealkylation sites (N-methyl/N-ethyl adjacent to an activating group) is 1. The van der Waals surface area contributed by atoms with Crippen LogP contribution in [0.1, 0.15) is 67.1 Å². The van der Waals surface area contributed by atoms with E-state index >= 15 is 0 Å². The largest absolute Gasteiger partial charge is 0.444 e. The second kappa shape index (κ2) is 20.8. The Kier molecular flexibility index (Phi) is 14.6. The molecule has 12 heteroatoms. The van der Waals surface area contributed by atoms with E-state index in [9.17, 15) is 19.2 Å². The topological polar surface area (TPSA) is 159 Å². The second-order valence-electron chi connectivity index (χ2n) is 17.2. The molecule has 2 unspecified atom stereocenters. The number of aromatic amines is 1. The maximum Gasteiger partial charge on any atom is 0.408 e. The van der Waals surface area contributed by atoms with Crippen molar-refractivity contribution in [2.75, 3.05) is 7.05 Å². The van der Waals surface area contributed by atoms with E-state index in [0.717, 1.165) is 44.4 Å². The van der Waals surface area contributed by atoms with Crippen molar-refractivity contribution in [1.82, 2.24) is 35.8 Å². The van der Waals surface area contributed by atoms with Gasteiger partial charge < -0.3 is 35.6 Å². The van der Waals surface area contributed by atoms with Gasteiger partial charge in [-0.25, -0.2) is 9.78 Å². The molecule has 0 aliphatic heterocycles. The molecule has 2 aromatic heterocycles. The highest BCUT2D eigenvalue weighted by Gasteiger charge is 2.38. The molecule has 7 aromatic rings. The zero-order valence-electron chi connectivity index (χ0n) is 37.3. The van der Waals surface area contributed by atoms with Crippen LogP contribution in [-0.4, -0.2) is 69.1 Å². The van der Waals surface area contributed by atoms with Crippen molar-refractivity contribution >= 4 is 34.7 Å². The summed E-state index contributed by atoms with van der Waals surface area (Å²) in [6, 6.07) is 44.9. The molecule has 0 saturated heterocycles. The molecule has 5 aromatic carbocycles. The highest BCUT2D eigenvalue weighted by molar-refractivity contribution is 5.94. The van der Waals surface area contributed by atoms with Crippen molar-refractivity contribution in [3.63, 3.8) is 0 Å². The lowest BCUT2D eigenvalue weighted by atomic mass is 9.77. The van der Waals surface area contributed by atoms with Gasteiger partial charge in [0.1, 0.15) is 29.3 Å². The number of ether oxygens (including phenoxy) is 1. The van der Waals surface area contributed by atoms with Gasteiger partial charge in [-0.2, -0.15) is 0 Å². The number of amides is 4. The van der Waals surface area contributed by atoms with Crippen LogP contribution in [0.25, 0.3) is 10.9 Å². The molecule has 0 radical (unpaired) electrons. The number of para-hydroxylation sites is 1. The van der Waals surface area contributed by atoms with Gasteiger partial charge in [0, 0.05) is 43.2 Å². The second-order valence-corrected chi connectivity index (χ2v) is 17.2. The lowest BCUT2D eigenvalue weighted by Gasteiger charge is -2.37. The lowest BCUT2D eigenvalue weighted by molar-refractivity contribution is -0.132. The van der Waals surface area contributed by atoms with Crippen molar-refractivity contribution in [2.24, 2.45) is 0 Å². The Morgan fingerprint density at radius 3 is 1.75 bits per heavy atom. The number of rotatable bonds is 18. The number of hydrogen-bond donors (Lipinski definition) is 5. The highest BCUT2D eigenvalue weighted by atomic mass is 16.6. The summed E-state index contributed by atoms with van der Waals surface area (Å²) in [5, 5.41) is 12.3. The average molecular weight is 872 g/mol. The molecule has 0 fully saturated rings. The number of hydrogen-bond acceptors (Lipinski definition) is 6. The van der Waals surface area contributed by atoms with Crippen molar-refractivity contribution in [2.45, 2.75) is 82.1 Å². The van der Waals surface area contributed by atoms with Crippen LogP contribution in [0.5, 0.6) is 0 Å². The Balaban J connectivity index is 1.17. The Bertz CT molecular complexity index is 2560. The zero-order valence-corrected chi connectivity index (χ0v) is 37.3. The smallest absolute Gasteiger partial charge is 0.408 e. The van der Waals surface area contributed by atoms with E-state index in [1.807, 2.05) is 128 Å². The molecule has 5 N–H and O–H groups in total. The first-order valence-corrected chi connectivity index (χ1v) is 22.1. The summed E-state index contributed by atoms with van der Waals surface area (Å²) in [4.78, 5) is 63.5. The maximum absolute atomic E-state index is 14.5. The molecule has 0 spiro atoms. The third kappa shape index (κ3) is 11.2. The minimum absolute atomic E-state index is 0.144. The quantitative estimate of drug-likeness (QED) is 0.0559. The first kappa shape index (κ1) is 45.6. The van der Waals surface area contributed by atoms with E-state index in [1.54, 1.807) is 20.8 Å². The number of carbonyl (C=O) groups is 4. The number of aryl methyl sites for hydroxylation is 1. The average Bonchev–Trinajstić information content (AvgIpc) is 3.96. The molecular formula is C53H57N7O5. The van der Waals surface area contributed by atoms with E-state index in [2.05, 4.69) is 67.2 Å². The molecule has 0 saturated carbocycles. The third-order valence-corrected chi connectivity index (χ3v) is 11.4. The summed E-state index contributed by atoms with van der Waals surface area (Å²) in [6.07, 6.45) is 6.43. The van der Waals surface area contributed by atoms with Gasteiger partial charge in [0.2, 0.25) is 17.7 Å². The van der Waals surface area contributed by atoms with Crippen LogP contribution in [0.3, 0.4) is 0 Å². The van der Waals surface area contributed by atoms with Crippen LogP contribution in [0, 0.1) is 0 Å². The van der Waals surface area contributed by atoms with E-state index in [1.165, 1.54) is 7.05 Å². The molecule has 0 bridgehead atoms. The summed E-state index contributed by atoms with van der Waals surface area (Å²) < 4.78 is 7.68. The summed E-state index contributed by atoms with van der Waals surface area (Å²) in [7, 11) is 1.52. The Morgan fingerprint density at radius 1 is 0.646 bits per heavy atom. The summed E-state index contributed by atoms with van der Waals surface area (Å²) in [6.45, 7) is 5.23. The Hall–Kier alpha value is -7.47. The highest BCUT2D eigenvalue weighted by Crippen LogP contribution is 2.41. The third-order valence-electron chi connectivity index (χ3n) is 11.4. The molecule has 4 amide bonds. The minimum atomic E-state index is -1.09. The molecule has 2 heterocycles. The molecule has 7 rings (SSSR count). The SMILES string of the molecule is CNC(=O)C(Cc1c[nH]c2ccccc12)NC(=O)C(CCCc1cn(C(c2ccccc2)(c2ccccc2)c2ccccc2)cn1)NC(=O)[C@@H](Cc1ccccc1)NC(=O)OC(C)(C)C. The predicted molar refractivity (Wildman–Crippen MR) is 253 cm³/mol. The monoisotopic (exact) mass is 871 g/mol. The van der Waals surface area contributed by atoms with Gasteiger partial charge in [-0.3, -0.25) is 14.4 Å². The summed E-state index contributed by atoms with van der Waals surface area (Å²) in [5.74, 6) is -1.49. The molecule has 334 valence electrons. The van der Waals surface area contributed by atoms with Gasteiger partial charge in [0.15, 0.2) is 0 Å². The van der Waals surface area contributed by atoms with Crippen molar-refractivity contribution < 1.29 is 23.9 Å². The summed E-state index contributed by atoms with van der Waals surface area (Å²) >= 11 is 0. The zero-order chi connectivity index (χ0) is 45.8. The van der Waals surface area contributed by atoms with Crippen molar-refractivity contribution in [3.05, 3.63) is 198 Å². The van der Waals surface area contributed by atoms with Gasteiger partial charge in [-0.1, -0.05) is 140 Å². The van der Waals surface area contributed by atoms with Gasteiger partial charge >= 0.3 is 6.09 Å². The standard InChI is InChI=1S/C53H57N7O5/c1-52(2,3)65-51(64)59-46(32-37-20-9-5-10-21-37)50(63)57-45(49(62)58-47(48(61)54-4)33-38-34-55-44-30-18-17-29-43(38)44)31-19-28-42-35-60(36-56-42)53(39-22-11-6-12-23-39,40-24-13-7-14-25-40)41-26-15-8-16-27-41/h5-18,20-27,29-30,34-36,45-47,55H,19,28,31-33H2,1-4H3,(H,54,61)(H,57,63)(H,58,62)(H,59,64)/t45?,46-,47?/m1/s1. The van der Waals surface area contributed by atoms with Crippen LogP contribution >= 0.6 is 0 Å². The number of alkyl carbamates (subject to hydrolysis) is 1. The van der Waals surface area contributed by atoms with Gasteiger partial charge in [-0.15, -0.1) is 0 Å². The molecular weight excluding hydrogens is 815 g/mol. The van der Waals surface area contributed by atoms with Crippen molar-refractivity contribution in [1.29, 1.82) is 0 Å². The fourth-order valence-electron chi connectivity index (χ4n) is 8.37. The van der Waals surface area contributed by atoms with E-state index in [-0.39, 0.29) is 25.2 Å². The molecule has 3 atom stereocenters. The number of H-pyrrole nitrogens is 1. The minimum Gasteiger partial charge on any atom is -0.444 e. The number of aromatic nitrogens is 3. The number of benzene rings is 5. The van der Waals surface area contributed by atoms with Gasteiger partial charge in [0.25, 0.3) is 0 Å². The van der Waals surface area contributed by atoms with E-state index < -0.39 is 47.2 Å². The van der Waals surface area contributed by atoms with E-state index in [4.69, 9.17) is 9.72 Å². The molecule has 0 aliphatic carbocycles. The molecule has 0 aliphatic rings. The summed E-state index contributed by atoms with van der Waals surface area (Å²) in [5.41, 5.74) is 4.98. The number of imidazole rings is 1. The van der Waals surface area contributed by atoms with Crippen LogP contribution < -0.4 is 21.3 Å². The number of nitrogens with zero attached hydrogens (tertiary/aromatic N) is 2. The van der Waals surface area contributed by atoms with Gasteiger partial charge in [-0.05, 0) is 73.9 Å². The molecule has 12 nitrogen and oxygen atoms in total. The Morgan fingerprint density at radius 2 is 1.17 bits per heavy atom. The van der Waals surface area contributed by atoms with Crippen LogP contribution in [0.15, 0.2) is 164 Å². The number of carbonyl (C=O) groups excluding carboxylic acids is 4. The fourth-order valence-corrected chi connectivity index (χ4v) is 8.37. The lowest BCUT2D eigenvalue weighted by Crippen LogP contribution is -2.57. The van der Waals surface area contributed by atoms with E-state index in [0.29, 0.717) is 12.8 Å². The maximum atomic E-state index is 14.5. The number of fused-ring (bicyclic) bond motifs is 1. The number of nitrogens with one attached hydrogen (secondary N) is 5. The van der Waals surface area contributed by atoms with Crippen molar-refractivity contribution in [3.8, 4) is 0 Å².